The van der Waals surface area contributed by atoms with Gasteiger partial charge in [0.05, 0.1) is 37.8 Å². The molecule has 0 aliphatic carbocycles. The van der Waals surface area contributed by atoms with Crippen LogP contribution in [0.2, 0.25) is 0 Å². The zero-order valence-electron chi connectivity index (χ0n) is 17.8. The molecule has 2 aromatic heterocycles. The maximum Gasteiger partial charge on any atom is 0.275 e. The number of aliphatic hydroxyl groups excluding tert-OH is 1. The number of fused-ring (bicyclic) bond motifs is 1. The van der Waals surface area contributed by atoms with E-state index in [0.717, 1.165) is 11.3 Å². The summed E-state index contributed by atoms with van der Waals surface area (Å²) in [6.45, 7) is 2.11. The minimum absolute atomic E-state index is 0.169. The van der Waals surface area contributed by atoms with Gasteiger partial charge in [0.1, 0.15) is 17.7 Å². The van der Waals surface area contributed by atoms with Crippen molar-refractivity contribution >= 4 is 39.7 Å². The Balaban J connectivity index is 1.32. The number of nitrogens with one attached hydrogen (secondary N) is 2. The fourth-order valence-corrected chi connectivity index (χ4v) is 4.75. The number of rotatable bonds is 5. The maximum atomic E-state index is 12.9. The number of anilines is 3. The van der Waals surface area contributed by atoms with Crippen molar-refractivity contribution in [2.75, 3.05) is 41.9 Å². The number of hydrogen-bond donors (Lipinski definition) is 3. The van der Waals surface area contributed by atoms with Gasteiger partial charge in [-0.05, 0) is 23.8 Å². The molecule has 5 rings (SSSR count). The molecule has 1 fully saturated rings. The van der Waals surface area contributed by atoms with Crippen LogP contribution in [0.15, 0.2) is 42.0 Å². The molecule has 2 amide bonds. The second-order valence-electron chi connectivity index (χ2n) is 7.69. The van der Waals surface area contributed by atoms with Gasteiger partial charge in [0.25, 0.3) is 11.8 Å². The molecule has 11 heteroatoms. The predicted octanol–water partition coefficient (Wildman–Crippen LogP) is 1.69. The third-order valence-corrected chi connectivity index (χ3v) is 6.48. The molecule has 0 spiro atoms. The number of benzene rings is 1. The zero-order valence-corrected chi connectivity index (χ0v) is 18.6. The van der Waals surface area contributed by atoms with Gasteiger partial charge in [-0.3, -0.25) is 24.8 Å². The first-order valence-electron chi connectivity index (χ1n) is 10.4. The van der Waals surface area contributed by atoms with Gasteiger partial charge in [-0.15, -0.1) is 11.3 Å². The van der Waals surface area contributed by atoms with E-state index < -0.39 is 12.1 Å². The first-order chi connectivity index (χ1) is 16.0. The Morgan fingerprint density at radius 3 is 3.06 bits per heavy atom. The first kappa shape index (κ1) is 21.3. The lowest BCUT2D eigenvalue weighted by Gasteiger charge is -2.33. The minimum Gasteiger partial charge on any atom is -0.497 e. The molecule has 3 N–H and O–H groups in total. The van der Waals surface area contributed by atoms with E-state index in [1.165, 1.54) is 11.3 Å². The van der Waals surface area contributed by atoms with Crippen molar-refractivity contribution in [1.82, 2.24) is 15.3 Å². The van der Waals surface area contributed by atoms with E-state index in [1.807, 2.05) is 17.0 Å². The van der Waals surface area contributed by atoms with Crippen molar-refractivity contribution in [2.24, 2.45) is 0 Å². The predicted molar refractivity (Wildman–Crippen MR) is 124 cm³/mol. The molecule has 0 saturated carbocycles. The summed E-state index contributed by atoms with van der Waals surface area (Å²) >= 11 is 1.24. The summed E-state index contributed by atoms with van der Waals surface area (Å²) < 4.78 is 5.22. The summed E-state index contributed by atoms with van der Waals surface area (Å²) in [5.74, 6) is 0.0534. The Bertz CT molecular complexity index is 1220. The van der Waals surface area contributed by atoms with Gasteiger partial charge in [0.2, 0.25) is 0 Å². The van der Waals surface area contributed by atoms with Crippen LogP contribution in [0.4, 0.5) is 16.5 Å². The van der Waals surface area contributed by atoms with Crippen LogP contribution in [0.5, 0.6) is 5.75 Å². The molecule has 0 radical (unpaired) electrons. The van der Waals surface area contributed by atoms with Crippen LogP contribution in [-0.2, 0) is 6.54 Å². The van der Waals surface area contributed by atoms with E-state index >= 15 is 0 Å². The lowest BCUT2D eigenvalue weighted by Crippen LogP contribution is -2.50. The molecule has 10 nitrogen and oxygen atoms in total. The Labute approximate surface area is 193 Å². The Morgan fingerprint density at radius 2 is 2.24 bits per heavy atom. The average Bonchev–Trinajstić information content (AvgIpc) is 3.44. The smallest absolute Gasteiger partial charge is 0.275 e. The molecule has 0 bridgehead atoms. The topological polar surface area (TPSA) is 120 Å². The molecule has 33 heavy (non-hydrogen) atoms. The van der Waals surface area contributed by atoms with Crippen molar-refractivity contribution in [3.8, 4) is 5.75 Å². The number of carbonyl (C=O) groups excluding carboxylic acids is 2. The highest BCUT2D eigenvalue weighted by molar-refractivity contribution is 7.14. The molecule has 170 valence electrons. The number of hydrogen-bond acceptors (Lipinski definition) is 9. The largest absolute Gasteiger partial charge is 0.497 e. The molecular weight excluding hydrogens is 444 g/mol. The standard InChI is InChI=1S/C22H22N6O4S/c1-32-14-3-2-13-10-28(21(31)15(13)8-14)22-26-17(12-33-22)20(30)25-16-9-23-5-4-18(16)27-7-6-24-19(29)11-27/h2-5,8-9,12,19,24,29H,6-7,10-11H2,1H3,(H,25,30)/t19-/m0/s1. The van der Waals surface area contributed by atoms with E-state index in [9.17, 15) is 14.7 Å². The highest BCUT2D eigenvalue weighted by Gasteiger charge is 2.31. The normalized spacial score (nSPS) is 17.8. The van der Waals surface area contributed by atoms with Crippen molar-refractivity contribution in [3.63, 3.8) is 0 Å². The minimum atomic E-state index is -0.640. The Hall–Kier alpha value is -3.54. The third-order valence-electron chi connectivity index (χ3n) is 5.62. The van der Waals surface area contributed by atoms with Crippen LogP contribution < -0.4 is 25.2 Å². The summed E-state index contributed by atoms with van der Waals surface area (Å²) in [6.07, 6.45) is 2.58. The number of piperazine rings is 1. The number of amides is 2. The number of carbonyl (C=O) groups is 2. The summed E-state index contributed by atoms with van der Waals surface area (Å²) in [5, 5.41) is 17.8. The second-order valence-corrected chi connectivity index (χ2v) is 8.53. The molecule has 1 aromatic carbocycles. The molecule has 0 unspecified atom stereocenters. The van der Waals surface area contributed by atoms with Crippen molar-refractivity contribution in [2.45, 2.75) is 12.8 Å². The van der Waals surface area contributed by atoms with E-state index in [2.05, 4.69) is 20.6 Å². The zero-order chi connectivity index (χ0) is 22.9. The van der Waals surface area contributed by atoms with Gasteiger partial charge in [-0.2, -0.15) is 0 Å². The number of β-amino-alcohol motifs (C(OH)–C–C–N with tert-alkyl or cyclic N) is 1. The lowest BCUT2D eigenvalue weighted by molar-refractivity contribution is 0.0991. The SMILES string of the molecule is COc1ccc2c(c1)C(=O)N(c1nc(C(=O)Nc3cnccc3N3CCN[C@@H](O)C3)cs1)C2. The fraction of sp³-hybridized carbons (Fsp3) is 0.273. The van der Waals surface area contributed by atoms with E-state index in [-0.39, 0.29) is 11.6 Å². The average molecular weight is 467 g/mol. The number of methoxy groups -OCH3 is 1. The summed E-state index contributed by atoms with van der Waals surface area (Å²) in [6, 6.07) is 7.20. The number of aromatic nitrogens is 2. The second kappa shape index (κ2) is 8.77. The van der Waals surface area contributed by atoms with Crippen LogP contribution in [0.1, 0.15) is 26.4 Å². The first-order valence-corrected chi connectivity index (χ1v) is 11.3. The Kier molecular flexibility index (Phi) is 5.67. The van der Waals surface area contributed by atoms with Crippen molar-refractivity contribution < 1.29 is 19.4 Å². The van der Waals surface area contributed by atoms with Crippen LogP contribution in [0, 0.1) is 0 Å². The fourth-order valence-electron chi connectivity index (χ4n) is 3.95. The molecule has 1 saturated heterocycles. The third kappa shape index (κ3) is 4.13. The molecule has 2 aliphatic heterocycles. The van der Waals surface area contributed by atoms with Gasteiger partial charge >= 0.3 is 0 Å². The van der Waals surface area contributed by atoms with Crippen LogP contribution in [0.3, 0.4) is 0 Å². The van der Waals surface area contributed by atoms with Gasteiger partial charge in [-0.1, -0.05) is 6.07 Å². The van der Waals surface area contributed by atoms with E-state index in [4.69, 9.17) is 4.74 Å². The summed E-state index contributed by atoms with van der Waals surface area (Å²) in [5.41, 5.74) is 2.98. The molecule has 2 aliphatic rings. The highest BCUT2D eigenvalue weighted by Crippen LogP contribution is 2.33. The van der Waals surface area contributed by atoms with Gasteiger partial charge in [0, 0.05) is 30.2 Å². The van der Waals surface area contributed by atoms with Gasteiger partial charge in [-0.25, -0.2) is 4.98 Å². The number of nitrogens with zero attached hydrogens (tertiary/aromatic N) is 4. The maximum absolute atomic E-state index is 12.9. The highest BCUT2D eigenvalue weighted by atomic mass is 32.1. The van der Waals surface area contributed by atoms with Crippen LogP contribution in [-0.4, -0.2) is 59.9 Å². The number of aliphatic hydroxyl groups is 1. The quantitative estimate of drug-likeness (QED) is 0.520. The van der Waals surface area contributed by atoms with E-state index in [0.29, 0.717) is 48.3 Å². The summed E-state index contributed by atoms with van der Waals surface area (Å²) in [4.78, 5) is 37.9. The molecule has 3 aromatic rings. The molecule has 4 heterocycles. The monoisotopic (exact) mass is 466 g/mol. The van der Waals surface area contributed by atoms with Gasteiger partial charge in [0.15, 0.2) is 5.13 Å². The molecule has 1 atom stereocenters. The summed E-state index contributed by atoms with van der Waals surface area (Å²) in [7, 11) is 1.56. The number of ether oxygens (including phenoxy) is 1. The number of thiazole rings is 1. The molecular formula is C22H22N6O4S. The van der Waals surface area contributed by atoms with Crippen molar-refractivity contribution in [3.05, 3.63) is 58.9 Å². The van der Waals surface area contributed by atoms with Gasteiger partial charge < -0.3 is 20.1 Å². The van der Waals surface area contributed by atoms with Crippen LogP contribution >= 0.6 is 11.3 Å². The number of pyridine rings is 1. The lowest BCUT2D eigenvalue weighted by atomic mass is 10.1. The Morgan fingerprint density at radius 1 is 1.36 bits per heavy atom. The van der Waals surface area contributed by atoms with Crippen LogP contribution in [0.25, 0.3) is 0 Å². The van der Waals surface area contributed by atoms with E-state index in [1.54, 1.807) is 41.9 Å². The van der Waals surface area contributed by atoms with Crippen molar-refractivity contribution in [1.29, 1.82) is 0 Å².